The van der Waals surface area contributed by atoms with Crippen LogP contribution < -0.4 is 5.32 Å². The molecule has 4 bridgehead atoms. The fourth-order valence-electron chi connectivity index (χ4n) is 5.31. The van der Waals surface area contributed by atoms with Crippen molar-refractivity contribution in [2.75, 3.05) is 0 Å². The smallest absolute Gasteiger partial charge is 0.251 e. The van der Waals surface area contributed by atoms with Crippen LogP contribution in [0.15, 0.2) is 12.1 Å². The van der Waals surface area contributed by atoms with Crippen LogP contribution in [0.5, 0.6) is 17.2 Å². The second-order valence-electron chi connectivity index (χ2n) is 7.52. The Hall–Kier alpha value is -1.91. The Morgan fingerprint density at radius 1 is 0.955 bits per heavy atom. The molecule has 1 aromatic rings. The van der Waals surface area contributed by atoms with Gasteiger partial charge in [0.25, 0.3) is 5.91 Å². The zero-order chi connectivity index (χ0) is 15.5. The van der Waals surface area contributed by atoms with Crippen LogP contribution in [0, 0.1) is 17.8 Å². The number of carbonyl (C=O) groups is 1. The molecule has 0 radical (unpaired) electrons. The number of aromatic hydroxyl groups is 3. The molecule has 4 aliphatic carbocycles. The number of benzene rings is 1. The molecule has 22 heavy (non-hydrogen) atoms. The van der Waals surface area contributed by atoms with Crippen LogP contribution in [0.1, 0.15) is 48.9 Å². The van der Waals surface area contributed by atoms with Crippen LogP contribution in [-0.2, 0) is 0 Å². The van der Waals surface area contributed by atoms with Crippen molar-refractivity contribution in [3.05, 3.63) is 17.7 Å². The normalized spacial score (nSPS) is 35.5. The average molecular weight is 303 g/mol. The number of rotatable bonds is 2. The number of phenols is 3. The van der Waals surface area contributed by atoms with Gasteiger partial charge in [-0.25, -0.2) is 0 Å². The molecule has 0 saturated heterocycles. The summed E-state index contributed by atoms with van der Waals surface area (Å²) >= 11 is 0. The van der Waals surface area contributed by atoms with Crippen molar-refractivity contribution in [2.45, 2.75) is 44.1 Å². The van der Waals surface area contributed by atoms with E-state index < -0.39 is 17.2 Å². The van der Waals surface area contributed by atoms with E-state index in [1.54, 1.807) is 0 Å². The van der Waals surface area contributed by atoms with Gasteiger partial charge in [0, 0.05) is 11.1 Å². The van der Waals surface area contributed by atoms with Crippen molar-refractivity contribution in [3.8, 4) is 17.2 Å². The molecule has 0 unspecified atom stereocenters. The molecule has 0 atom stereocenters. The molecule has 5 heteroatoms. The molecule has 4 aliphatic rings. The molecule has 118 valence electrons. The first-order valence-corrected chi connectivity index (χ1v) is 8.01. The number of amides is 1. The zero-order valence-electron chi connectivity index (χ0n) is 12.4. The highest BCUT2D eigenvalue weighted by Gasteiger charge is 2.51. The van der Waals surface area contributed by atoms with Gasteiger partial charge < -0.3 is 20.6 Å². The van der Waals surface area contributed by atoms with Crippen LogP contribution in [0.2, 0.25) is 0 Å². The maximum Gasteiger partial charge on any atom is 0.251 e. The van der Waals surface area contributed by atoms with Gasteiger partial charge in [0.2, 0.25) is 0 Å². The van der Waals surface area contributed by atoms with Gasteiger partial charge in [-0.05, 0) is 68.4 Å². The largest absolute Gasteiger partial charge is 0.504 e. The molecule has 4 fully saturated rings. The number of phenolic OH excluding ortho intramolecular Hbond substituents is 3. The van der Waals surface area contributed by atoms with Gasteiger partial charge >= 0.3 is 0 Å². The van der Waals surface area contributed by atoms with E-state index in [0.717, 1.165) is 37.0 Å². The molecule has 5 nitrogen and oxygen atoms in total. The Kier molecular flexibility index (Phi) is 2.83. The molecule has 0 spiro atoms. The van der Waals surface area contributed by atoms with E-state index in [2.05, 4.69) is 5.32 Å². The third kappa shape index (κ3) is 2.11. The summed E-state index contributed by atoms with van der Waals surface area (Å²) in [6.45, 7) is 0. The Balaban J connectivity index is 1.57. The lowest BCUT2D eigenvalue weighted by Crippen LogP contribution is -2.59. The predicted octanol–water partition coefficient (Wildman–Crippen LogP) is 2.50. The highest BCUT2D eigenvalue weighted by molar-refractivity contribution is 5.96. The SMILES string of the molecule is O=C(NC12CC3CC(CC(C3)C1)C2)c1cc(O)c(O)c(O)c1. The maximum absolute atomic E-state index is 12.5. The summed E-state index contributed by atoms with van der Waals surface area (Å²) in [6, 6.07) is 2.40. The minimum absolute atomic E-state index is 0.116. The second kappa shape index (κ2) is 4.54. The summed E-state index contributed by atoms with van der Waals surface area (Å²) in [6.07, 6.45) is 7.03. The molecular formula is C17H21NO4. The van der Waals surface area contributed by atoms with E-state index in [1.165, 1.54) is 31.4 Å². The minimum Gasteiger partial charge on any atom is -0.504 e. The van der Waals surface area contributed by atoms with Gasteiger partial charge in [-0.3, -0.25) is 4.79 Å². The highest BCUT2D eigenvalue weighted by atomic mass is 16.3. The van der Waals surface area contributed by atoms with Crippen LogP contribution in [0.25, 0.3) is 0 Å². The van der Waals surface area contributed by atoms with Crippen LogP contribution >= 0.6 is 0 Å². The predicted molar refractivity (Wildman–Crippen MR) is 79.8 cm³/mol. The molecule has 1 amide bonds. The minimum atomic E-state index is -0.591. The summed E-state index contributed by atoms with van der Waals surface area (Å²) in [5.74, 6) is 0.361. The lowest BCUT2D eigenvalue weighted by molar-refractivity contribution is -0.0167. The average Bonchev–Trinajstić information content (AvgIpc) is 2.42. The topological polar surface area (TPSA) is 89.8 Å². The monoisotopic (exact) mass is 303 g/mol. The molecule has 4 saturated carbocycles. The fourth-order valence-corrected chi connectivity index (χ4v) is 5.31. The molecule has 0 aromatic heterocycles. The second-order valence-corrected chi connectivity index (χ2v) is 7.52. The molecule has 5 rings (SSSR count). The van der Waals surface area contributed by atoms with Crippen LogP contribution in [0.3, 0.4) is 0 Å². The number of nitrogens with one attached hydrogen (secondary N) is 1. The number of carbonyl (C=O) groups excluding carboxylic acids is 1. The van der Waals surface area contributed by atoms with Crippen molar-refractivity contribution in [3.63, 3.8) is 0 Å². The Labute approximate surface area is 129 Å². The lowest BCUT2D eigenvalue weighted by atomic mass is 9.53. The highest BCUT2D eigenvalue weighted by Crippen LogP contribution is 2.55. The summed E-state index contributed by atoms with van der Waals surface area (Å²) in [4.78, 5) is 12.5. The van der Waals surface area contributed by atoms with E-state index in [9.17, 15) is 20.1 Å². The first-order chi connectivity index (χ1) is 10.4. The maximum atomic E-state index is 12.5. The van der Waals surface area contributed by atoms with Crippen molar-refractivity contribution in [1.82, 2.24) is 5.32 Å². The standard InChI is InChI=1S/C17H21NO4/c19-13-4-12(5-14(20)15(13)21)16(22)18-17-6-9-1-10(7-17)3-11(2-9)8-17/h4-5,9-11,19-21H,1-3,6-8H2,(H,18,22). The fraction of sp³-hybridized carbons (Fsp3) is 0.588. The Bertz CT molecular complexity index is 581. The molecule has 0 aliphatic heterocycles. The quantitative estimate of drug-likeness (QED) is 0.632. The molecular weight excluding hydrogens is 282 g/mol. The van der Waals surface area contributed by atoms with Crippen molar-refractivity contribution < 1.29 is 20.1 Å². The Morgan fingerprint density at radius 2 is 1.41 bits per heavy atom. The van der Waals surface area contributed by atoms with Gasteiger partial charge in [0.15, 0.2) is 17.2 Å². The van der Waals surface area contributed by atoms with E-state index in [4.69, 9.17) is 0 Å². The van der Waals surface area contributed by atoms with Gasteiger partial charge in [0.1, 0.15) is 0 Å². The van der Waals surface area contributed by atoms with Crippen molar-refractivity contribution >= 4 is 5.91 Å². The van der Waals surface area contributed by atoms with Gasteiger partial charge in [-0.15, -0.1) is 0 Å². The van der Waals surface area contributed by atoms with E-state index >= 15 is 0 Å². The zero-order valence-corrected chi connectivity index (χ0v) is 12.4. The number of hydrogen-bond donors (Lipinski definition) is 4. The van der Waals surface area contributed by atoms with E-state index in [-0.39, 0.29) is 17.0 Å². The third-order valence-corrected chi connectivity index (χ3v) is 5.75. The van der Waals surface area contributed by atoms with E-state index in [0.29, 0.717) is 0 Å². The van der Waals surface area contributed by atoms with Crippen LogP contribution in [-0.4, -0.2) is 26.8 Å². The molecule has 1 aromatic carbocycles. The summed E-state index contributed by atoms with van der Waals surface area (Å²) in [5, 5.41) is 31.7. The first kappa shape index (κ1) is 13.7. The van der Waals surface area contributed by atoms with Gasteiger partial charge in [-0.2, -0.15) is 0 Å². The summed E-state index contributed by atoms with van der Waals surface area (Å²) in [5.41, 5.74) is 0.0677. The van der Waals surface area contributed by atoms with Gasteiger partial charge in [0.05, 0.1) is 0 Å². The summed E-state index contributed by atoms with van der Waals surface area (Å²) < 4.78 is 0. The van der Waals surface area contributed by atoms with Gasteiger partial charge in [-0.1, -0.05) is 0 Å². The number of hydrogen-bond acceptors (Lipinski definition) is 4. The van der Waals surface area contributed by atoms with Crippen molar-refractivity contribution in [2.24, 2.45) is 17.8 Å². The first-order valence-electron chi connectivity index (χ1n) is 8.01. The lowest BCUT2D eigenvalue weighted by Gasteiger charge is -2.56. The molecule has 4 N–H and O–H groups in total. The van der Waals surface area contributed by atoms with Crippen molar-refractivity contribution in [1.29, 1.82) is 0 Å². The van der Waals surface area contributed by atoms with E-state index in [1.807, 2.05) is 0 Å². The van der Waals surface area contributed by atoms with Crippen LogP contribution in [0.4, 0.5) is 0 Å². The third-order valence-electron chi connectivity index (χ3n) is 5.75. The molecule has 0 heterocycles. The summed E-state index contributed by atoms with van der Waals surface area (Å²) in [7, 11) is 0. The Morgan fingerprint density at radius 3 is 1.86 bits per heavy atom.